The van der Waals surface area contributed by atoms with Crippen LogP contribution in [0, 0.1) is 0 Å². The second-order valence-electron chi connectivity index (χ2n) is 6.88. The Balaban J connectivity index is 1.59. The Morgan fingerprint density at radius 3 is 2.57 bits per heavy atom. The Kier molecular flexibility index (Phi) is 5.61. The molecule has 0 unspecified atom stereocenters. The summed E-state index contributed by atoms with van der Waals surface area (Å²) in [5, 5.41) is 9.82. The number of amides is 1. The number of aromatic nitrogens is 2. The SMILES string of the molecule is O=C(NO)c1ccc2ncn(CCc3cccc(-c4cccc(Cl)c4)c3)c(=O)c2c1. The van der Waals surface area contributed by atoms with E-state index < -0.39 is 5.91 Å². The zero-order valence-corrected chi connectivity index (χ0v) is 16.6. The first-order valence-electron chi connectivity index (χ1n) is 9.33. The van der Waals surface area contributed by atoms with E-state index in [0.29, 0.717) is 28.9 Å². The van der Waals surface area contributed by atoms with Crippen LogP contribution >= 0.6 is 11.6 Å². The number of halogens is 1. The Labute approximate surface area is 177 Å². The molecule has 0 spiro atoms. The largest absolute Gasteiger partial charge is 0.298 e. The number of hydrogen-bond acceptors (Lipinski definition) is 4. The van der Waals surface area contributed by atoms with Crippen molar-refractivity contribution in [1.29, 1.82) is 0 Å². The molecule has 2 N–H and O–H groups in total. The lowest BCUT2D eigenvalue weighted by Gasteiger charge is -2.09. The zero-order chi connectivity index (χ0) is 21.1. The van der Waals surface area contributed by atoms with Crippen molar-refractivity contribution in [2.75, 3.05) is 0 Å². The Hall–Kier alpha value is -3.48. The van der Waals surface area contributed by atoms with Crippen molar-refractivity contribution in [2.24, 2.45) is 0 Å². The van der Waals surface area contributed by atoms with E-state index in [4.69, 9.17) is 16.8 Å². The number of carbonyl (C=O) groups excluding carboxylic acids is 1. The van der Waals surface area contributed by atoms with Crippen molar-refractivity contribution in [3.05, 3.63) is 99.6 Å². The van der Waals surface area contributed by atoms with Crippen LogP contribution < -0.4 is 11.0 Å². The molecule has 7 heteroatoms. The molecule has 1 heterocycles. The van der Waals surface area contributed by atoms with Crippen molar-refractivity contribution in [1.82, 2.24) is 15.0 Å². The van der Waals surface area contributed by atoms with E-state index in [9.17, 15) is 9.59 Å². The van der Waals surface area contributed by atoms with Crippen LogP contribution in [0.25, 0.3) is 22.0 Å². The fourth-order valence-electron chi connectivity index (χ4n) is 3.35. The number of benzene rings is 3. The van der Waals surface area contributed by atoms with Gasteiger partial charge in [-0.15, -0.1) is 0 Å². The number of nitrogens with zero attached hydrogens (tertiary/aromatic N) is 2. The lowest BCUT2D eigenvalue weighted by molar-refractivity contribution is 0.0706. The molecule has 30 heavy (non-hydrogen) atoms. The van der Waals surface area contributed by atoms with E-state index >= 15 is 0 Å². The average molecular weight is 420 g/mol. The molecular formula is C23H18ClN3O3. The third-order valence-electron chi connectivity index (χ3n) is 4.91. The maximum absolute atomic E-state index is 12.9. The maximum Gasteiger partial charge on any atom is 0.274 e. The predicted octanol–water partition coefficient (Wildman–Crippen LogP) is 4.08. The first kappa shape index (κ1) is 19.8. The lowest BCUT2D eigenvalue weighted by Crippen LogP contribution is -2.23. The average Bonchev–Trinajstić information content (AvgIpc) is 2.78. The van der Waals surface area contributed by atoms with Gasteiger partial charge >= 0.3 is 0 Å². The van der Waals surface area contributed by atoms with E-state index in [1.54, 1.807) is 11.5 Å². The van der Waals surface area contributed by atoms with Crippen LogP contribution in [0.4, 0.5) is 0 Å². The van der Waals surface area contributed by atoms with Gasteiger partial charge in [0.25, 0.3) is 11.5 Å². The Morgan fingerprint density at radius 1 is 1.03 bits per heavy atom. The Morgan fingerprint density at radius 2 is 1.80 bits per heavy atom. The molecule has 3 aromatic carbocycles. The molecule has 0 radical (unpaired) electrons. The number of nitrogens with one attached hydrogen (secondary N) is 1. The number of aryl methyl sites for hydroxylation is 2. The first-order valence-corrected chi connectivity index (χ1v) is 9.71. The van der Waals surface area contributed by atoms with Gasteiger partial charge in [0.1, 0.15) is 0 Å². The second-order valence-corrected chi connectivity index (χ2v) is 7.31. The fraction of sp³-hybridized carbons (Fsp3) is 0.0870. The normalized spacial score (nSPS) is 10.9. The van der Waals surface area contributed by atoms with Gasteiger partial charge in [0.2, 0.25) is 0 Å². The van der Waals surface area contributed by atoms with E-state index in [-0.39, 0.29) is 11.1 Å². The summed E-state index contributed by atoms with van der Waals surface area (Å²) in [6, 6.07) is 20.3. The van der Waals surface area contributed by atoms with Crippen LogP contribution in [0.1, 0.15) is 15.9 Å². The van der Waals surface area contributed by atoms with E-state index in [1.807, 2.05) is 42.5 Å². The van der Waals surface area contributed by atoms with Crippen LogP contribution in [0.15, 0.2) is 77.9 Å². The number of hydroxylamine groups is 1. The molecule has 1 aromatic heterocycles. The van der Waals surface area contributed by atoms with Gasteiger partial charge < -0.3 is 0 Å². The smallest absolute Gasteiger partial charge is 0.274 e. The fourth-order valence-corrected chi connectivity index (χ4v) is 3.54. The highest BCUT2D eigenvalue weighted by molar-refractivity contribution is 6.30. The van der Waals surface area contributed by atoms with Crippen molar-refractivity contribution in [2.45, 2.75) is 13.0 Å². The van der Waals surface area contributed by atoms with E-state index in [0.717, 1.165) is 16.7 Å². The quantitative estimate of drug-likeness (QED) is 0.377. The van der Waals surface area contributed by atoms with Gasteiger partial charge in [-0.1, -0.05) is 48.0 Å². The monoisotopic (exact) mass is 419 g/mol. The van der Waals surface area contributed by atoms with Gasteiger partial charge in [-0.2, -0.15) is 0 Å². The molecule has 4 aromatic rings. The molecule has 0 aliphatic heterocycles. The minimum Gasteiger partial charge on any atom is -0.298 e. The molecule has 0 saturated heterocycles. The van der Waals surface area contributed by atoms with Crippen molar-refractivity contribution >= 4 is 28.4 Å². The first-order chi connectivity index (χ1) is 14.5. The molecule has 4 rings (SSSR count). The van der Waals surface area contributed by atoms with Gasteiger partial charge in [-0.25, -0.2) is 10.5 Å². The number of rotatable bonds is 5. The van der Waals surface area contributed by atoms with Crippen molar-refractivity contribution in [3.8, 4) is 11.1 Å². The summed E-state index contributed by atoms with van der Waals surface area (Å²) in [7, 11) is 0. The molecule has 150 valence electrons. The second kappa shape index (κ2) is 8.49. The highest BCUT2D eigenvalue weighted by atomic mass is 35.5. The van der Waals surface area contributed by atoms with Crippen LogP contribution in [0.3, 0.4) is 0 Å². The zero-order valence-electron chi connectivity index (χ0n) is 15.9. The Bertz CT molecular complexity index is 1300. The highest BCUT2D eigenvalue weighted by Gasteiger charge is 2.10. The van der Waals surface area contributed by atoms with Crippen molar-refractivity contribution < 1.29 is 10.0 Å². The molecule has 0 aliphatic carbocycles. The van der Waals surface area contributed by atoms with Crippen molar-refractivity contribution in [3.63, 3.8) is 0 Å². The summed E-state index contributed by atoms with van der Waals surface area (Å²) in [5.41, 5.74) is 5.18. The molecule has 0 atom stereocenters. The van der Waals surface area contributed by atoms with Gasteiger partial charge in [0, 0.05) is 17.1 Å². The van der Waals surface area contributed by atoms with E-state index in [2.05, 4.69) is 11.1 Å². The number of carbonyl (C=O) groups is 1. The van der Waals surface area contributed by atoms with Gasteiger partial charge in [-0.3, -0.25) is 19.4 Å². The summed E-state index contributed by atoms with van der Waals surface area (Å²) in [6.45, 7) is 0.442. The summed E-state index contributed by atoms with van der Waals surface area (Å²) in [5.74, 6) is -0.676. The van der Waals surface area contributed by atoms with Gasteiger partial charge in [-0.05, 0) is 53.4 Å². The molecule has 1 amide bonds. The predicted molar refractivity (Wildman–Crippen MR) is 116 cm³/mol. The molecular weight excluding hydrogens is 402 g/mol. The van der Waals surface area contributed by atoms with Gasteiger partial charge in [0.15, 0.2) is 0 Å². The minimum atomic E-state index is -0.676. The molecule has 0 aliphatic rings. The summed E-state index contributed by atoms with van der Waals surface area (Å²) < 4.78 is 1.52. The van der Waals surface area contributed by atoms with Crippen LogP contribution in [0.2, 0.25) is 5.02 Å². The number of fused-ring (bicyclic) bond motifs is 1. The summed E-state index contributed by atoms with van der Waals surface area (Å²) >= 11 is 6.10. The molecule has 0 bridgehead atoms. The number of hydrogen-bond donors (Lipinski definition) is 2. The van der Waals surface area contributed by atoms with Crippen LogP contribution in [-0.2, 0) is 13.0 Å². The molecule has 0 saturated carbocycles. The molecule has 0 fully saturated rings. The third-order valence-corrected chi connectivity index (χ3v) is 5.15. The summed E-state index contributed by atoms with van der Waals surface area (Å²) in [6.07, 6.45) is 2.15. The van der Waals surface area contributed by atoms with Crippen LogP contribution in [0.5, 0.6) is 0 Å². The van der Waals surface area contributed by atoms with Crippen LogP contribution in [-0.4, -0.2) is 20.7 Å². The molecule has 6 nitrogen and oxygen atoms in total. The summed E-state index contributed by atoms with van der Waals surface area (Å²) in [4.78, 5) is 28.8. The van der Waals surface area contributed by atoms with Gasteiger partial charge in [0.05, 0.1) is 17.2 Å². The maximum atomic E-state index is 12.9. The van der Waals surface area contributed by atoms with E-state index in [1.165, 1.54) is 23.0 Å². The topological polar surface area (TPSA) is 84.2 Å². The minimum absolute atomic E-state index is 0.191. The lowest BCUT2D eigenvalue weighted by atomic mass is 10.0. The highest BCUT2D eigenvalue weighted by Crippen LogP contribution is 2.23. The third kappa shape index (κ3) is 4.10. The standard InChI is InChI=1S/C23H18ClN3O3/c24-19-6-2-5-17(12-19)16-4-1-3-15(11-16)9-10-27-14-25-21-8-7-18(22(28)26-30)13-20(21)23(27)29/h1-8,11-14,30H,9-10H2,(H,26,28).